The molecule has 1 rings (SSSR count). The minimum Gasteiger partial charge on any atom is -0.352 e. The monoisotopic (exact) mass is 213 g/mol. The van der Waals surface area contributed by atoms with Gasteiger partial charge in [-0.3, -0.25) is 4.79 Å². The first kappa shape index (κ1) is 13.0. The Morgan fingerprint density at radius 2 is 1.79 bits per heavy atom. The third-order valence-electron chi connectivity index (χ3n) is 1.45. The summed E-state index contributed by atoms with van der Waals surface area (Å²) in [6.07, 6.45) is 0. The van der Waals surface area contributed by atoms with Gasteiger partial charge in [-0.1, -0.05) is 37.6 Å². The average molecular weight is 214 g/mol. The van der Waals surface area contributed by atoms with Gasteiger partial charge in [0, 0.05) is 18.5 Å². The quantitative estimate of drug-likeness (QED) is 0.804. The van der Waals surface area contributed by atoms with Crippen LogP contribution in [0.5, 0.6) is 0 Å². The van der Waals surface area contributed by atoms with Crippen molar-refractivity contribution in [3.05, 3.63) is 34.9 Å². The Morgan fingerprint density at radius 3 is 2.21 bits per heavy atom. The Morgan fingerprint density at radius 1 is 1.29 bits per heavy atom. The Kier molecular flexibility index (Phi) is 6.85. The standard InChI is InChI=1S/C9H10ClNO.C2H6/c1-7(12)11-6-8-2-4-9(10)5-3-8;1-2/h2-5H,6H2,1H3,(H,11,12);1-2H3. The molecule has 0 aromatic heterocycles. The fraction of sp³-hybridized carbons (Fsp3) is 0.364. The van der Waals surface area contributed by atoms with E-state index >= 15 is 0 Å². The Balaban J connectivity index is 0.000000791. The lowest BCUT2D eigenvalue weighted by molar-refractivity contribution is -0.119. The van der Waals surface area contributed by atoms with Crippen LogP contribution < -0.4 is 5.32 Å². The summed E-state index contributed by atoms with van der Waals surface area (Å²) in [6.45, 7) is 6.06. The molecule has 0 saturated carbocycles. The predicted octanol–water partition coefficient (Wildman–Crippen LogP) is 3.00. The van der Waals surface area contributed by atoms with Crippen molar-refractivity contribution in [2.45, 2.75) is 27.3 Å². The molecule has 1 N–H and O–H groups in total. The zero-order chi connectivity index (χ0) is 11.0. The Hall–Kier alpha value is -1.02. The van der Waals surface area contributed by atoms with E-state index < -0.39 is 0 Å². The molecule has 2 nitrogen and oxygen atoms in total. The van der Waals surface area contributed by atoms with Gasteiger partial charge in [-0.25, -0.2) is 0 Å². The van der Waals surface area contributed by atoms with Gasteiger partial charge in [-0.15, -0.1) is 0 Å². The number of hydrogen-bond acceptors (Lipinski definition) is 1. The fourth-order valence-electron chi connectivity index (χ4n) is 0.829. The number of nitrogens with one attached hydrogen (secondary N) is 1. The summed E-state index contributed by atoms with van der Waals surface area (Å²) in [5, 5.41) is 3.41. The van der Waals surface area contributed by atoms with E-state index in [2.05, 4.69) is 5.32 Å². The molecule has 0 aliphatic rings. The normalized spacial score (nSPS) is 8.57. The van der Waals surface area contributed by atoms with E-state index in [1.54, 1.807) is 12.1 Å². The molecule has 0 aliphatic carbocycles. The first-order valence-electron chi connectivity index (χ1n) is 4.67. The van der Waals surface area contributed by atoms with Gasteiger partial charge in [-0.2, -0.15) is 0 Å². The molecule has 0 bridgehead atoms. The lowest BCUT2D eigenvalue weighted by Gasteiger charge is -2.01. The summed E-state index contributed by atoms with van der Waals surface area (Å²) >= 11 is 5.69. The molecule has 0 heterocycles. The molecule has 14 heavy (non-hydrogen) atoms. The van der Waals surface area contributed by atoms with Crippen molar-refractivity contribution in [3.8, 4) is 0 Å². The number of carbonyl (C=O) groups is 1. The van der Waals surface area contributed by atoms with Crippen LogP contribution in [0.4, 0.5) is 0 Å². The highest BCUT2D eigenvalue weighted by molar-refractivity contribution is 6.30. The zero-order valence-corrected chi connectivity index (χ0v) is 9.56. The highest BCUT2D eigenvalue weighted by Crippen LogP contribution is 2.08. The van der Waals surface area contributed by atoms with Gasteiger partial charge in [0.1, 0.15) is 0 Å². The third-order valence-corrected chi connectivity index (χ3v) is 1.71. The summed E-state index contributed by atoms with van der Waals surface area (Å²) < 4.78 is 0. The number of amides is 1. The van der Waals surface area contributed by atoms with Crippen LogP contribution >= 0.6 is 11.6 Å². The van der Waals surface area contributed by atoms with E-state index in [4.69, 9.17) is 11.6 Å². The van der Waals surface area contributed by atoms with Crippen molar-refractivity contribution in [3.63, 3.8) is 0 Å². The van der Waals surface area contributed by atoms with E-state index in [9.17, 15) is 4.79 Å². The molecule has 1 amide bonds. The van der Waals surface area contributed by atoms with E-state index in [-0.39, 0.29) is 5.91 Å². The van der Waals surface area contributed by atoms with Gasteiger partial charge < -0.3 is 5.32 Å². The Labute approximate surface area is 90.3 Å². The van der Waals surface area contributed by atoms with Crippen LogP contribution in [0, 0.1) is 0 Å². The lowest BCUT2D eigenvalue weighted by Crippen LogP contribution is -2.18. The molecule has 0 radical (unpaired) electrons. The van der Waals surface area contributed by atoms with Crippen molar-refractivity contribution in [2.75, 3.05) is 0 Å². The van der Waals surface area contributed by atoms with E-state index in [0.717, 1.165) is 5.56 Å². The van der Waals surface area contributed by atoms with Crippen LogP contribution in [-0.2, 0) is 11.3 Å². The number of halogens is 1. The Bertz CT molecular complexity index is 269. The lowest BCUT2D eigenvalue weighted by atomic mass is 10.2. The second kappa shape index (κ2) is 7.39. The van der Waals surface area contributed by atoms with Gasteiger partial charge in [0.2, 0.25) is 5.91 Å². The van der Waals surface area contributed by atoms with Crippen LogP contribution in [0.25, 0.3) is 0 Å². The topological polar surface area (TPSA) is 29.1 Å². The molecular formula is C11H16ClNO. The maximum atomic E-state index is 10.5. The molecule has 0 aliphatic heterocycles. The molecule has 0 saturated heterocycles. The summed E-state index contributed by atoms with van der Waals surface area (Å²) in [6, 6.07) is 7.38. The molecule has 0 unspecified atom stereocenters. The van der Waals surface area contributed by atoms with E-state index in [0.29, 0.717) is 11.6 Å². The minimum absolute atomic E-state index is 0.0232. The third kappa shape index (κ3) is 5.60. The van der Waals surface area contributed by atoms with Crippen LogP contribution in [-0.4, -0.2) is 5.91 Å². The molecule has 0 atom stereocenters. The summed E-state index contributed by atoms with van der Waals surface area (Å²) in [7, 11) is 0. The van der Waals surface area contributed by atoms with E-state index in [1.807, 2.05) is 26.0 Å². The molecule has 1 aromatic carbocycles. The molecule has 78 valence electrons. The second-order valence-electron chi connectivity index (χ2n) is 2.54. The van der Waals surface area contributed by atoms with Crippen molar-refractivity contribution in [1.29, 1.82) is 0 Å². The fourth-order valence-corrected chi connectivity index (χ4v) is 0.955. The molecule has 3 heteroatoms. The number of benzene rings is 1. The summed E-state index contributed by atoms with van der Waals surface area (Å²) in [5.41, 5.74) is 1.05. The van der Waals surface area contributed by atoms with Crippen molar-refractivity contribution < 1.29 is 4.79 Å². The van der Waals surface area contributed by atoms with Gasteiger partial charge >= 0.3 is 0 Å². The van der Waals surface area contributed by atoms with Crippen LogP contribution in [0.1, 0.15) is 26.3 Å². The van der Waals surface area contributed by atoms with Gasteiger partial charge in [0.15, 0.2) is 0 Å². The zero-order valence-electron chi connectivity index (χ0n) is 8.80. The minimum atomic E-state index is -0.0232. The van der Waals surface area contributed by atoms with Crippen molar-refractivity contribution in [1.82, 2.24) is 5.32 Å². The average Bonchev–Trinajstić information content (AvgIpc) is 2.20. The second-order valence-corrected chi connectivity index (χ2v) is 2.97. The van der Waals surface area contributed by atoms with Crippen molar-refractivity contribution in [2.24, 2.45) is 0 Å². The van der Waals surface area contributed by atoms with Gasteiger partial charge in [0.25, 0.3) is 0 Å². The maximum Gasteiger partial charge on any atom is 0.217 e. The van der Waals surface area contributed by atoms with Gasteiger partial charge in [-0.05, 0) is 17.7 Å². The number of carbonyl (C=O) groups excluding carboxylic acids is 1. The highest BCUT2D eigenvalue weighted by Gasteiger charge is 1.93. The van der Waals surface area contributed by atoms with Crippen LogP contribution in [0.15, 0.2) is 24.3 Å². The van der Waals surface area contributed by atoms with Gasteiger partial charge in [0.05, 0.1) is 0 Å². The van der Waals surface area contributed by atoms with Crippen LogP contribution in [0.3, 0.4) is 0 Å². The smallest absolute Gasteiger partial charge is 0.217 e. The highest BCUT2D eigenvalue weighted by atomic mass is 35.5. The number of hydrogen-bond donors (Lipinski definition) is 1. The SMILES string of the molecule is CC.CC(=O)NCc1ccc(Cl)cc1. The van der Waals surface area contributed by atoms with Crippen molar-refractivity contribution >= 4 is 17.5 Å². The first-order valence-corrected chi connectivity index (χ1v) is 5.05. The first-order chi connectivity index (χ1) is 6.68. The molecule has 0 fully saturated rings. The number of rotatable bonds is 2. The predicted molar refractivity (Wildman–Crippen MR) is 60.3 cm³/mol. The molecular weight excluding hydrogens is 198 g/mol. The summed E-state index contributed by atoms with van der Waals surface area (Å²) in [4.78, 5) is 10.5. The van der Waals surface area contributed by atoms with Crippen LogP contribution in [0.2, 0.25) is 5.02 Å². The summed E-state index contributed by atoms with van der Waals surface area (Å²) in [5.74, 6) is -0.0232. The molecule has 1 aromatic rings. The van der Waals surface area contributed by atoms with E-state index in [1.165, 1.54) is 6.92 Å². The maximum absolute atomic E-state index is 10.5. The largest absolute Gasteiger partial charge is 0.352 e. The molecule has 0 spiro atoms.